The first-order valence-electron chi connectivity index (χ1n) is 5.13. The molecule has 0 spiro atoms. The fourth-order valence-corrected chi connectivity index (χ4v) is 1.16. The molecule has 1 unspecified atom stereocenters. The second-order valence-electron chi connectivity index (χ2n) is 4.47. The van der Waals surface area contributed by atoms with Crippen LogP contribution in [0.1, 0.15) is 40.5 Å². The quantitative estimate of drug-likeness (QED) is 0.613. The topological polar surface area (TPSA) is 26.3 Å². The van der Waals surface area contributed by atoms with E-state index >= 15 is 0 Å². The van der Waals surface area contributed by atoms with E-state index in [-0.39, 0.29) is 17.3 Å². The first-order valence-corrected chi connectivity index (χ1v) is 5.13. The molecule has 0 fully saturated rings. The van der Waals surface area contributed by atoms with E-state index in [0.29, 0.717) is 0 Å². The van der Waals surface area contributed by atoms with Crippen molar-refractivity contribution in [2.75, 3.05) is 7.11 Å². The van der Waals surface area contributed by atoms with Crippen molar-refractivity contribution >= 4 is 5.78 Å². The smallest absolute Gasteiger partial charge is 0.152 e. The Bertz CT molecular complexity index is 204. The van der Waals surface area contributed by atoms with Crippen molar-refractivity contribution in [3.8, 4) is 0 Å². The molecule has 0 N–H and O–H groups in total. The highest BCUT2D eigenvalue weighted by Gasteiger charge is 2.19. The van der Waals surface area contributed by atoms with Gasteiger partial charge in [0.1, 0.15) is 0 Å². The van der Waals surface area contributed by atoms with Crippen LogP contribution in [0.3, 0.4) is 0 Å². The van der Waals surface area contributed by atoms with E-state index in [2.05, 4.69) is 20.8 Å². The lowest BCUT2D eigenvalue weighted by atomic mass is 9.84. The average molecular weight is 198 g/mol. The van der Waals surface area contributed by atoms with Crippen molar-refractivity contribution in [1.29, 1.82) is 0 Å². The lowest BCUT2D eigenvalue weighted by molar-refractivity contribution is -0.112. The molecule has 0 heterocycles. The van der Waals surface area contributed by atoms with Crippen LogP contribution >= 0.6 is 0 Å². The van der Waals surface area contributed by atoms with Crippen LogP contribution in [-0.4, -0.2) is 19.0 Å². The minimum Gasteiger partial charge on any atom is -0.377 e. The summed E-state index contributed by atoms with van der Waals surface area (Å²) >= 11 is 0. The maximum absolute atomic E-state index is 10.8. The van der Waals surface area contributed by atoms with Crippen molar-refractivity contribution in [3.63, 3.8) is 0 Å². The molecule has 14 heavy (non-hydrogen) atoms. The van der Waals surface area contributed by atoms with E-state index in [9.17, 15) is 4.79 Å². The van der Waals surface area contributed by atoms with Crippen LogP contribution < -0.4 is 0 Å². The third kappa shape index (κ3) is 5.92. The summed E-state index contributed by atoms with van der Waals surface area (Å²) in [6, 6.07) is 0. The van der Waals surface area contributed by atoms with Crippen molar-refractivity contribution in [2.45, 2.75) is 46.6 Å². The molecule has 0 rings (SSSR count). The van der Waals surface area contributed by atoms with Gasteiger partial charge in [0.05, 0.1) is 6.10 Å². The van der Waals surface area contributed by atoms with E-state index in [0.717, 1.165) is 12.8 Å². The van der Waals surface area contributed by atoms with Crippen LogP contribution in [0, 0.1) is 5.41 Å². The van der Waals surface area contributed by atoms with Gasteiger partial charge in [-0.15, -0.1) is 0 Å². The summed E-state index contributed by atoms with van der Waals surface area (Å²) in [5.41, 5.74) is 0.266. The van der Waals surface area contributed by atoms with Crippen molar-refractivity contribution < 1.29 is 9.53 Å². The number of ketones is 1. The second-order valence-corrected chi connectivity index (χ2v) is 4.47. The predicted octanol–water partition coefficient (Wildman–Crippen LogP) is 2.97. The Balaban J connectivity index is 4.22. The maximum atomic E-state index is 10.8. The maximum Gasteiger partial charge on any atom is 0.152 e. The normalized spacial score (nSPS) is 14.6. The Kier molecular flexibility index (Phi) is 5.70. The van der Waals surface area contributed by atoms with Gasteiger partial charge in [-0.05, 0) is 24.8 Å². The third-order valence-electron chi connectivity index (χ3n) is 2.56. The Labute approximate surface area is 87.3 Å². The molecule has 1 atom stereocenters. The molecule has 0 radical (unpaired) electrons. The summed E-state index contributed by atoms with van der Waals surface area (Å²) in [7, 11) is 1.68. The minimum absolute atomic E-state index is 0.0499. The Morgan fingerprint density at radius 3 is 2.43 bits per heavy atom. The minimum atomic E-state index is 0.0499. The lowest BCUT2D eigenvalue weighted by Gasteiger charge is -2.26. The molecule has 0 aromatic carbocycles. The summed E-state index contributed by atoms with van der Waals surface area (Å²) < 4.78 is 5.30. The van der Waals surface area contributed by atoms with E-state index in [1.807, 2.05) is 6.08 Å². The van der Waals surface area contributed by atoms with Gasteiger partial charge in [0.15, 0.2) is 5.78 Å². The monoisotopic (exact) mass is 198 g/mol. The fraction of sp³-hybridized carbons (Fsp3) is 0.750. The van der Waals surface area contributed by atoms with Crippen LogP contribution in [0.4, 0.5) is 0 Å². The molecule has 0 bridgehead atoms. The standard InChI is InChI=1S/C12H22O2/c1-6-12(3,4)9-11(14-5)8-7-10(2)13/h7-8,11H,6,9H2,1-5H3/b8-7+. The van der Waals surface area contributed by atoms with Gasteiger partial charge in [-0.3, -0.25) is 4.79 Å². The Morgan fingerprint density at radius 2 is 2.07 bits per heavy atom. The van der Waals surface area contributed by atoms with Gasteiger partial charge in [0.2, 0.25) is 0 Å². The van der Waals surface area contributed by atoms with Gasteiger partial charge in [-0.1, -0.05) is 33.3 Å². The van der Waals surface area contributed by atoms with Gasteiger partial charge in [0.25, 0.3) is 0 Å². The number of hydrogen-bond donors (Lipinski definition) is 0. The molecule has 0 aromatic heterocycles. The number of hydrogen-bond acceptors (Lipinski definition) is 2. The zero-order valence-electron chi connectivity index (χ0n) is 9.96. The number of allylic oxidation sites excluding steroid dienone is 1. The van der Waals surface area contributed by atoms with Crippen LogP contribution in [0.5, 0.6) is 0 Å². The van der Waals surface area contributed by atoms with Gasteiger partial charge in [-0.25, -0.2) is 0 Å². The first-order chi connectivity index (χ1) is 6.41. The molecular formula is C12H22O2. The highest BCUT2D eigenvalue weighted by atomic mass is 16.5. The number of rotatable bonds is 6. The number of carbonyl (C=O) groups is 1. The lowest BCUT2D eigenvalue weighted by Crippen LogP contribution is -2.20. The van der Waals surface area contributed by atoms with Crippen LogP contribution in [0.15, 0.2) is 12.2 Å². The van der Waals surface area contributed by atoms with Gasteiger partial charge in [0, 0.05) is 7.11 Å². The molecule has 0 saturated heterocycles. The highest BCUT2D eigenvalue weighted by Crippen LogP contribution is 2.27. The van der Waals surface area contributed by atoms with E-state index in [1.165, 1.54) is 0 Å². The summed E-state index contributed by atoms with van der Waals surface area (Å²) in [5, 5.41) is 0. The molecule has 2 heteroatoms. The number of carbonyl (C=O) groups excluding carboxylic acids is 1. The molecule has 2 nitrogen and oxygen atoms in total. The number of ether oxygens (including phenoxy) is 1. The van der Waals surface area contributed by atoms with Crippen molar-refractivity contribution in [2.24, 2.45) is 5.41 Å². The Hall–Kier alpha value is -0.630. The molecule has 0 aliphatic rings. The van der Waals surface area contributed by atoms with E-state index in [1.54, 1.807) is 20.1 Å². The fourth-order valence-electron chi connectivity index (χ4n) is 1.16. The molecule has 0 saturated carbocycles. The molecule has 0 amide bonds. The van der Waals surface area contributed by atoms with E-state index < -0.39 is 0 Å². The SMILES string of the molecule is CCC(C)(C)CC(/C=C/C(C)=O)OC. The zero-order valence-corrected chi connectivity index (χ0v) is 9.96. The number of methoxy groups -OCH3 is 1. The molecular weight excluding hydrogens is 176 g/mol. The Morgan fingerprint density at radius 1 is 1.50 bits per heavy atom. The van der Waals surface area contributed by atoms with Gasteiger partial charge >= 0.3 is 0 Å². The largest absolute Gasteiger partial charge is 0.377 e. The molecule has 0 aromatic rings. The van der Waals surface area contributed by atoms with Crippen molar-refractivity contribution in [3.05, 3.63) is 12.2 Å². The zero-order chi connectivity index (χ0) is 11.2. The summed E-state index contributed by atoms with van der Waals surface area (Å²) in [6.45, 7) is 8.14. The predicted molar refractivity (Wildman–Crippen MR) is 59.3 cm³/mol. The molecule has 0 aliphatic carbocycles. The molecule has 0 aliphatic heterocycles. The van der Waals surface area contributed by atoms with Crippen molar-refractivity contribution in [1.82, 2.24) is 0 Å². The van der Waals surface area contributed by atoms with Gasteiger partial charge in [-0.2, -0.15) is 0 Å². The van der Waals surface area contributed by atoms with E-state index in [4.69, 9.17) is 4.74 Å². The summed E-state index contributed by atoms with van der Waals surface area (Å²) in [5.74, 6) is 0.0707. The van der Waals surface area contributed by atoms with Crippen LogP contribution in [0.25, 0.3) is 0 Å². The summed E-state index contributed by atoms with van der Waals surface area (Å²) in [6.07, 6.45) is 5.54. The summed E-state index contributed by atoms with van der Waals surface area (Å²) in [4.78, 5) is 10.8. The third-order valence-corrected chi connectivity index (χ3v) is 2.56. The van der Waals surface area contributed by atoms with Crippen LogP contribution in [0.2, 0.25) is 0 Å². The highest BCUT2D eigenvalue weighted by molar-refractivity contribution is 5.87. The molecule has 82 valence electrons. The van der Waals surface area contributed by atoms with Crippen LogP contribution in [-0.2, 0) is 9.53 Å². The second kappa shape index (κ2) is 5.97. The van der Waals surface area contributed by atoms with Gasteiger partial charge < -0.3 is 4.74 Å². The first kappa shape index (κ1) is 13.4. The average Bonchev–Trinajstić information content (AvgIpc) is 2.12.